The van der Waals surface area contributed by atoms with E-state index in [0.717, 1.165) is 31.4 Å². The van der Waals surface area contributed by atoms with Crippen LogP contribution in [0.2, 0.25) is 0 Å². The first-order valence-electron chi connectivity index (χ1n) is 15.1. The van der Waals surface area contributed by atoms with Crippen LogP contribution in [0.5, 0.6) is 5.75 Å². The van der Waals surface area contributed by atoms with Crippen molar-refractivity contribution in [3.63, 3.8) is 0 Å². The molecule has 0 saturated heterocycles. The Hall–Kier alpha value is -4.48. The zero-order valence-corrected chi connectivity index (χ0v) is 27.5. The predicted octanol–water partition coefficient (Wildman–Crippen LogP) is 5.99. The van der Waals surface area contributed by atoms with Crippen LogP contribution in [0.1, 0.15) is 37.1 Å². The molecule has 0 atom stereocenters. The number of nitrogens with one attached hydrogen (secondary N) is 2. The fourth-order valence-corrected chi connectivity index (χ4v) is 6.92. The number of sulfonamides is 1. The van der Waals surface area contributed by atoms with Crippen molar-refractivity contribution in [1.82, 2.24) is 14.6 Å². The highest BCUT2D eigenvalue weighted by Crippen LogP contribution is 2.35. The minimum atomic E-state index is -4.46. The molecule has 47 heavy (non-hydrogen) atoms. The minimum absolute atomic E-state index is 0.0454. The highest BCUT2D eigenvalue weighted by molar-refractivity contribution is 7.92. The van der Waals surface area contributed by atoms with Gasteiger partial charge in [0.25, 0.3) is 10.0 Å². The molecule has 0 spiro atoms. The second-order valence-corrected chi connectivity index (χ2v) is 13.5. The van der Waals surface area contributed by atoms with Gasteiger partial charge in [0, 0.05) is 37.1 Å². The summed E-state index contributed by atoms with van der Waals surface area (Å²) >= 11 is 0. The van der Waals surface area contributed by atoms with Gasteiger partial charge < -0.3 is 24.0 Å². The second kappa shape index (κ2) is 13.7. The van der Waals surface area contributed by atoms with E-state index in [1.54, 1.807) is 25.1 Å². The molecule has 1 aliphatic rings. The zero-order valence-electron chi connectivity index (χ0n) is 26.7. The van der Waals surface area contributed by atoms with Gasteiger partial charge in [0.15, 0.2) is 11.9 Å². The van der Waals surface area contributed by atoms with E-state index in [4.69, 9.17) is 9.26 Å². The van der Waals surface area contributed by atoms with Crippen molar-refractivity contribution in [2.45, 2.75) is 62.3 Å². The molecule has 1 saturated carbocycles. The Balaban J connectivity index is 1.36. The number of rotatable bonds is 10. The normalized spacial score (nSPS) is 16.9. The highest BCUT2D eigenvalue weighted by atomic mass is 32.2. The average Bonchev–Trinajstić information content (AvgIpc) is 3.59. The Kier molecular flexibility index (Phi) is 9.88. The maximum atomic E-state index is 13.7. The molecular formula is C33H38F3N6O4S+. The number of anilines is 2. The van der Waals surface area contributed by atoms with Crippen LogP contribution in [-0.2, 0) is 16.6 Å². The Morgan fingerprint density at radius 1 is 1.15 bits per heavy atom. The molecule has 0 aliphatic heterocycles. The molecule has 5 rings (SSSR count). The van der Waals surface area contributed by atoms with E-state index in [1.165, 1.54) is 35.9 Å². The number of aromatic nitrogens is 2. The molecule has 0 radical (unpaired) electrons. The summed E-state index contributed by atoms with van der Waals surface area (Å²) in [6, 6.07) is 13.4. The molecule has 2 N–H and O–H groups in total. The lowest BCUT2D eigenvalue weighted by atomic mass is 9.90. The molecule has 0 unspecified atom stereocenters. The zero-order chi connectivity index (χ0) is 33.9. The van der Waals surface area contributed by atoms with Crippen molar-refractivity contribution >= 4 is 44.8 Å². The smallest absolute Gasteiger partial charge is 0.406 e. The summed E-state index contributed by atoms with van der Waals surface area (Å²) in [6.07, 6.45) is -0.512. The van der Waals surface area contributed by atoms with Gasteiger partial charge in [-0.3, -0.25) is 4.72 Å². The van der Waals surface area contributed by atoms with Crippen molar-refractivity contribution in [2.75, 3.05) is 37.8 Å². The van der Waals surface area contributed by atoms with Gasteiger partial charge in [0.05, 0.1) is 40.8 Å². The summed E-state index contributed by atoms with van der Waals surface area (Å²) in [5, 5.41) is 7.36. The predicted molar refractivity (Wildman–Crippen MR) is 175 cm³/mol. The number of fused-ring (bicyclic) bond motifs is 1. The highest BCUT2D eigenvalue weighted by Gasteiger charge is 2.33. The Labute approximate surface area is 272 Å². The van der Waals surface area contributed by atoms with Gasteiger partial charge >= 0.3 is 6.18 Å². The van der Waals surface area contributed by atoms with E-state index in [0.29, 0.717) is 28.4 Å². The number of alkyl halides is 3. The molecule has 2 heterocycles. The number of hydrogen-bond donors (Lipinski definition) is 2. The Morgan fingerprint density at radius 3 is 2.53 bits per heavy atom. The first kappa shape index (κ1) is 33.9. The van der Waals surface area contributed by atoms with Gasteiger partial charge in [-0.25, -0.2) is 13.0 Å². The maximum Gasteiger partial charge on any atom is 0.406 e. The Bertz CT molecular complexity index is 1930. The molecule has 1 fully saturated rings. The SMILES string of the molecule is C=[N+](c1cccc2c1cc(C#CCNc1ccc(S(=O)(=O)Nc3cc(C)on3)cc1OC)n2CC(F)(F)F)C1CCC(N(C)C)CC1. The minimum Gasteiger partial charge on any atom is -0.495 e. The van der Waals surface area contributed by atoms with Crippen LogP contribution in [0.3, 0.4) is 0 Å². The number of methoxy groups -OCH3 is 1. The third kappa shape index (κ3) is 7.91. The monoisotopic (exact) mass is 671 g/mol. The van der Waals surface area contributed by atoms with Gasteiger partial charge in [-0.2, -0.15) is 13.2 Å². The first-order chi connectivity index (χ1) is 22.3. The summed E-state index contributed by atoms with van der Waals surface area (Å²) in [5.41, 5.74) is 1.87. The second-order valence-electron chi connectivity index (χ2n) is 11.8. The van der Waals surface area contributed by atoms with Crippen molar-refractivity contribution in [2.24, 2.45) is 0 Å². The summed E-state index contributed by atoms with van der Waals surface area (Å²) in [6.45, 7) is 4.82. The number of nitrogens with zero attached hydrogens (tertiary/aromatic N) is 4. The number of halogens is 3. The molecule has 14 heteroatoms. The largest absolute Gasteiger partial charge is 0.495 e. The summed E-state index contributed by atoms with van der Waals surface area (Å²) in [7, 11) is 1.57. The molecule has 4 aromatic rings. The van der Waals surface area contributed by atoms with E-state index in [2.05, 4.69) is 52.7 Å². The number of benzene rings is 2. The van der Waals surface area contributed by atoms with Gasteiger partial charge in [0.1, 0.15) is 24.8 Å². The van der Waals surface area contributed by atoms with Crippen LogP contribution in [0, 0.1) is 18.8 Å². The molecule has 0 amide bonds. The molecule has 250 valence electrons. The number of aryl methyl sites for hydroxylation is 1. The van der Waals surface area contributed by atoms with Gasteiger partial charge in [-0.15, -0.1) is 0 Å². The first-order valence-corrected chi connectivity index (χ1v) is 16.6. The fourth-order valence-electron chi connectivity index (χ4n) is 5.93. The van der Waals surface area contributed by atoms with Crippen molar-refractivity contribution in [3.05, 3.63) is 60.0 Å². The van der Waals surface area contributed by atoms with Crippen LogP contribution < -0.4 is 14.8 Å². The van der Waals surface area contributed by atoms with E-state index in [9.17, 15) is 21.6 Å². The van der Waals surface area contributed by atoms with Crippen LogP contribution in [0.4, 0.5) is 30.4 Å². The molecular weight excluding hydrogens is 633 g/mol. The lowest BCUT2D eigenvalue weighted by Crippen LogP contribution is -2.36. The topological polar surface area (TPSA) is 105 Å². The van der Waals surface area contributed by atoms with Gasteiger partial charge in [0.2, 0.25) is 5.69 Å². The maximum absolute atomic E-state index is 13.7. The summed E-state index contributed by atoms with van der Waals surface area (Å²) in [4.78, 5) is 2.17. The van der Waals surface area contributed by atoms with E-state index >= 15 is 0 Å². The summed E-state index contributed by atoms with van der Waals surface area (Å²) < 4.78 is 82.6. The lowest BCUT2D eigenvalue weighted by Gasteiger charge is -2.30. The fraction of sp³-hybridized carbons (Fsp3) is 0.394. The van der Waals surface area contributed by atoms with E-state index in [1.807, 2.05) is 10.6 Å². The average molecular weight is 672 g/mol. The van der Waals surface area contributed by atoms with Crippen molar-refractivity contribution < 1.29 is 35.4 Å². The van der Waals surface area contributed by atoms with Crippen LogP contribution in [0.15, 0.2) is 57.9 Å². The number of hydrogen-bond acceptors (Lipinski definition) is 7. The third-order valence-electron chi connectivity index (χ3n) is 8.34. The van der Waals surface area contributed by atoms with Crippen molar-refractivity contribution in [3.8, 4) is 17.6 Å². The quantitative estimate of drug-likeness (QED) is 0.121. The molecule has 0 bridgehead atoms. The Morgan fingerprint density at radius 2 is 1.89 bits per heavy atom. The van der Waals surface area contributed by atoms with Crippen LogP contribution >= 0.6 is 0 Å². The lowest BCUT2D eigenvalue weighted by molar-refractivity contribution is -0.480. The molecule has 2 aromatic carbocycles. The van der Waals surface area contributed by atoms with Gasteiger partial charge in [-0.1, -0.05) is 17.1 Å². The third-order valence-corrected chi connectivity index (χ3v) is 9.69. The molecule has 1 aliphatic carbocycles. The van der Waals surface area contributed by atoms with E-state index in [-0.39, 0.29) is 34.7 Å². The van der Waals surface area contributed by atoms with Crippen LogP contribution in [-0.4, -0.2) is 80.3 Å². The van der Waals surface area contributed by atoms with Crippen LogP contribution in [0.25, 0.3) is 10.9 Å². The standard InChI is InChI=1S/C33H38F3N6O4S/c1-22-18-32(38-46-22)39-47(43,44)26-15-16-28(31(20-26)45-5)37-17-7-8-25-19-27-29(9-6-10-30(27)42(25)21-33(34,35)36)41(4)24-13-11-23(12-14-24)40(2)3/h6,9-10,15-16,18-20,23-24,37H,4,11-14,17,21H2,1-3,5H3,(H,38,39)/q+1. The molecule has 10 nitrogen and oxygen atoms in total. The van der Waals surface area contributed by atoms with Gasteiger partial charge in [-0.05, 0) is 64.0 Å². The number of ether oxygens (including phenoxy) is 1. The summed E-state index contributed by atoms with van der Waals surface area (Å²) in [5.74, 6) is 6.54. The molecule has 2 aromatic heterocycles. The van der Waals surface area contributed by atoms with E-state index < -0.39 is 22.7 Å². The van der Waals surface area contributed by atoms with Crippen molar-refractivity contribution in [1.29, 1.82) is 0 Å².